The molecule has 2 rings (SSSR count). The molecule has 1 aromatic heterocycles. The summed E-state index contributed by atoms with van der Waals surface area (Å²) in [6, 6.07) is 3.86. The second kappa shape index (κ2) is 7.83. The van der Waals surface area contributed by atoms with Crippen LogP contribution < -0.4 is 0 Å². The normalized spacial score (nSPS) is 17.4. The average molecular weight is 370 g/mol. The molecule has 9 heteroatoms. The molecular weight excluding hydrogens is 351 g/mol. The van der Waals surface area contributed by atoms with Crippen molar-refractivity contribution in [2.24, 2.45) is 0 Å². The number of thiophene rings is 1. The highest BCUT2D eigenvalue weighted by atomic mass is 35.5. The Morgan fingerprint density at radius 3 is 2.39 bits per heavy atom. The third-order valence-corrected chi connectivity index (χ3v) is 4.89. The smallest absolute Gasteiger partial charge is 0.336 e. The van der Waals surface area contributed by atoms with Crippen LogP contribution in [0.5, 0.6) is 0 Å². The highest BCUT2D eigenvalue weighted by Crippen LogP contribution is 2.23. The van der Waals surface area contributed by atoms with E-state index in [2.05, 4.69) is 4.90 Å². The number of carbonyl (C=O) groups is 1. The molecule has 0 saturated carbocycles. The number of alkyl halides is 3. The molecule has 1 aliphatic rings. The summed E-state index contributed by atoms with van der Waals surface area (Å²) < 4.78 is 37.6. The van der Waals surface area contributed by atoms with Crippen molar-refractivity contribution >= 4 is 28.8 Å². The van der Waals surface area contributed by atoms with E-state index in [1.54, 1.807) is 11.3 Å². The largest absolute Gasteiger partial charge is 0.406 e. The highest BCUT2D eigenvalue weighted by Gasteiger charge is 2.31. The van der Waals surface area contributed by atoms with Crippen molar-refractivity contribution in [3.63, 3.8) is 0 Å². The van der Waals surface area contributed by atoms with Gasteiger partial charge in [-0.1, -0.05) is 11.6 Å². The molecule has 0 unspecified atom stereocenters. The maximum atomic E-state index is 12.3. The first-order valence-electron chi connectivity index (χ1n) is 7.22. The zero-order valence-corrected chi connectivity index (χ0v) is 14.3. The lowest BCUT2D eigenvalue weighted by Crippen LogP contribution is -2.50. The van der Waals surface area contributed by atoms with Gasteiger partial charge in [-0.25, -0.2) is 0 Å². The number of halogens is 4. The van der Waals surface area contributed by atoms with Crippen LogP contribution in [0.1, 0.15) is 4.88 Å². The van der Waals surface area contributed by atoms with Gasteiger partial charge < -0.3 is 4.90 Å². The highest BCUT2D eigenvalue weighted by molar-refractivity contribution is 7.16. The van der Waals surface area contributed by atoms with Crippen LogP contribution in [0.2, 0.25) is 4.34 Å². The Hall–Kier alpha value is -0.830. The second-order valence-corrected chi connectivity index (χ2v) is 7.42. The quantitative estimate of drug-likeness (QED) is 0.798. The molecule has 0 spiro atoms. The standard InChI is InChI=1S/C14H19ClF3N3OS/c1-19(10-14(16,17)18)13(22)9-21-6-4-20(5-7-21)8-11-2-3-12(15)23-11/h2-3H,4-10H2,1H3. The van der Waals surface area contributed by atoms with Crippen LogP contribution in [0.4, 0.5) is 13.2 Å². The van der Waals surface area contributed by atoms with E-state index in [0.717, 1.165) is 28.9 Å². The van der Waals surface area contributed by atoms with E-state index in [1.165, 1.54) is 11.9 Å². The molecule has 0 N–H and O–H groups in total. The van der Waals surface area contributed by atoms with Gasteiger partial charge in [-0.3, -0.25) is 14.6 Å². The molecule has 1 fully saturated rings. The van der Waals surface area contributed by atoms with Crippen LogP contribution in [0.3, 0.4) is 0 Å². The minimum Gasteiger partial charge on any atom is -0.336 e. The van der Waals surface area contributed by atoms with Crippen molar-refractivity contribution in [3.05, 3.63) is 21.3 Å². The lowest BCUT2D eigenvalue weighted by atomic mass is 10.3. The second-order valence-electron chi connectivity index (χ2n) is 5.62. The molecule has 1 aromatic rings. The molecule has 2 heterocycles. The number of amides is 1. The fourth-order valence-corrected chi connectivity index (χ4v) is 3.56. The van der Waals surface area contributed by atoms with Crippen molar-refractivity contribution in [2.45, 2.75) is 12.7 Å². The van der Waals surface area contributed by atoms with Crippen molar-refractivity contribution in [2.75, 3.05) is 46.3 Å². The molecular formula is C14H19ClF3N3OS. The van der Waals surface area contributed by atoms with Gasteiger partial charge in [0, 0.05) is 44.6 Å². The van der Waals surface area contributed by atoms with Crippen molar-refractivity contribution in [1.29, 1.82) is 0 Å². The first-order chi connectivity index (χ1) is 10.7. The Labute approximate surface area is 142 Å². The average Bonchev–Trinajstić information content (AvgIpc) is 2.84. The van der Waals surface area contributed by atoms with Gasteiger partial charge >= 0.3 is 6.18 Å². The fraction of sp³-hybridized carbons (Fsp3) is 0.643. The number of rotatable bonds is 5. The van der Waals surface area contributed by atoms with Crippen LogP contribution in [0, 0.1) is 0 Å². The van der Waals surface area contributed by atoms with Crippen molar-refractivity contribution in [1.82, 2.24) is 14.7 Å². The molecule has 1 saturated heterocycles. The zero-order valence-electron chi connectivity index (χ0n) is 12.8. The maximum Gasteiger partial charge on any atom is 0.406 e. The number of nitrogens with zero attached hydrogens (tertiary/aromatic N) is 3. The van der Waals surface area contributed by atoms with E-state index in [0.29, 0.717) is 13.1 Å². The SMILES string of the molecule is CN(CC(F)(F)F)C(=O)CN1CCN(Cc2ccc(Cl)s2)CC1. The molecule has 0 radical (unpaired) electrons. The van der Waals surface area contributed by atoms with Gasteiger partial charge in [0.2, 0.25) is 5.91 Å². The first kappa shape index (κ1) is 18.5. The van der Waals surface area contributed by atoms with Crippen LogP contribution in [-0.2, 0) is 11.3 Å². The molecule has 1 amide bonds. The topological polar surface area (TPSA) is 26.8 Å². The van der Waals surface area contributed by atoms with E-state index in [1.807, 2.05) is 17.0 Å². The summed E-state index contributed by atoms with van der Waals surface area (Å²) >= 11 is 7.45. The van der Waals surface area contributed by atoms with Crippen molar-refractivity contribution in [3.8, 4) is 0 Å². The monoisotopic (exact) mass is 369 g/mol. The molecule has 0 atom stereocenters. The van der Waals surface area contributed by atoms with Crippen LogP contribution in [0.15, 0.2) is 12.1 Å². The van der Waals surface area contributed by atoms with Gasteiger partial charge in [0.15, 0.2) is 0 Å². The molecule has 23 heavy (non-hydrogen) atoms. The Bertz CT molecular complexity index is 530. The fourth-order valence-electron chi connectivity index (χ4n) is 2.43. The van der Waals surface area contributed by atoms with E-state index >= 15 is 0 Å². The molecule has 130 valence electrons. The summed E-state index contributed by atoms with van der Waals surface area (Å²) in [5, 5.41) is 0. The van der Waals surface area contributed by atoms with Gasteiger partial charge in [0.1, 0.15) is 6.54 Å². The molecule has 0 bridgehead atoms. The van der Waals surface area contributed by atoms with Gasteiger partial charge in [0.25, 0.3) is 0 Å². The zero-order chi connectivity index (χ0) is 17.0. The molecule has 0 aromatic carbocycles. The number of piperazine rings is 1. The Morgan fingerprint density at radius 1 is 1.26 bits per heavy atom. The van der Waals surface area contributed by atoms with E-state index in [9.17, 15) is 18.0 Å². The number of hydrogen-bond acceptors (Lipinski definition) is 4. The van der Waals surface area contributed by atoms with Crippen LogP contribution >= 0.6 is 22.9 Å². The lowest BCUT2D eigenvalue weighted by molar-refractivity contribution is -0.159. The van der Waals surface area contributed by atoms with E-state index in [-0.39, 0.29) is 6.54 Å². The van der Waals surface area contributed by atoms with Gasteiger partial charge in [-0.2, -0.15) is 13.2 Å². The minimum absolute atomic E-state index is 0.0330. The first-order valence-corrected chi connectivity index (χ1v) is 8.42. The Kier molecular flexibility index (Phi) is 6.30. The number of carbonyl (C=O) groups excluding carboxylic acids is 1. The Balaban J connectivity index is 1.73. The van der Waals surface area contributed by atoms with Gasteiger partial charge in [-0.05, 0) is 12.1 Å². The van der Waals surface area contributed by atoms with Crippen LogP contribution in [0.25, 0.3) is 0 Å². The van der Waals surface area contributed by atoms with Gasteiger partial charge in [0.05, 0.1) is 10.9 Å². The summed E-state index contributed by atoms with van der Waals surface area (Å²) in [7, 11) is 1.19. The molecule has 4 nitrogen and oxygen atoms in total. The summed E-state index contributed by atoms with van der Waals surface area (Å²) in [5.41, 5.74) is 0. The van der Waals surface area contributed by atoms with E-state index < -0.39 is 18.6 Å². The summed E-state index contributed by atoms with van der Waals surface area (Å²) in [6.07, 6.45) is -4.36. The molecule has 0 aliphatic carbocycles. The number of hydrogen-bond donors (Lipinski definition) is 0. The summed E-state index contributed by atoms with van der Waals surface area (Å²) in [5.74, 6) is -0.499. The van der Waals surface area contributed by atoms with Crippen LogP contribution in [-0.4, -0.2) is 73.1 Å². The van der Waals surface area contributed by atoms with E-state index in [4.69, 9.17) is 11.6 Å². The lowest BCUT2D eigenvalue weighted by Gasteiger charge is -2.34. The Morgan fingerprint density at radius 2 is 1.87 bits per heavy atom. The third kappa shape index (κ3) is 6.29. The third-order valence-electron chi connectivity index (χ3n) is 3.67. The van der Waals surface area contributed by atoms with Crippen molar-refractivity contribution < 1.29 is 18.0 Å². The van der Waals surface area contributed by atoms with Gasteiger partial charge in [-0.15, -0.1) is 11.3 Å². The summed E-state index contributed by atoms with van der Waals surface area (Å²) in [6.45, 7) is 2.55. The summed E-state index contributed by atoms with van der Waals surface area (Å²) in [4.78, 5) is 17.9. The predicted molar refractivity (Wildman–Crippen MR) is 84.7 cm³/mol. The number of likely N-dealkylation sites (N-methyl/N-ethyl adjacent to an activating group) is 1. The molecule has 1 aliphatic heterocycles. The maximum absolute atomic E-state index is 12.3. The predicted octanol–water partition coefficient (Wildman–Crippen LogP) is 2.54. The minimum atomic E-state index is -4.36.